The highest BCUT2D eigenvalue weighted by molar-refractivity contribution is 5.95. The van der Waals surface area contributed by atoms with Crippen LogP contribution in [0.5, 0.6) is 0 Å². The number of benzene rings is 1. The van der Waals surface area contributed by atoms with Gasteiger partial charge in [0, 0.05) is 7.05 Å². The maximum absolute atomic E-state index is 12.6. The van der Waals surface area contributed by atoms with Crippen LogP contribution in [0.25, 0.3) is 0 Å². The van der Waals surface area contributed by atoms with Gasteiger partial charge in [-0.15, -0.1) is 0 Å². The number of carboxylic acid groups (broad SMARTS) is 1. The topological polar surface area (TPSA) is 84.2 Å². The molecule has 0 saturated heterocycles. The standard InChI is InChI=1S/C18H23N3O3/c1-10(2)14-9-15(21(5)20-14)17(22)19-16(18(23)24)13-8-6-7-11(3)12(13)4/h6-10,16H,1-5H3,(H,19,22)(H,23,24). The Bertz CT molecular complexity index is 778. The van der Waals surface area contributed by atoms with Crippen LogP contribution in [-0.4, -0.2) is 26.8 Å². The Morgan fingerprint density at radius 1 is 1.25 bits per heavy atom. The molecule has 0 aliphatic rings. The molecule has 0 saturated carbocycles. The van der Waals surface area contributed by atoms with Gasteiger partial charge in [0.25, 0.3) is 5.91 Å². The fraction of sp³-hybridized carbons (Fsp3) is 0.389. The molecule has 0 aliphatic heterocycles. The zero-order valence-electron chi connectivity index (χ0n) is 14.6. The first-order valence-corrected chi connectivity index (χ1v) is 7.86. The van der Waals surface area contributed by atoms with Crippen LogP contribution in [0.15, 0.2) is 24.3 Å². The van der Waals surface area contributed by atoms with Crippen molar-refractivity contribution in [3.63, 3.8) is 0 Å². The Kier molecular flexibility index (Phi) is 5.07. The van der Waals surface area contributed by atoms with Gasteiger partial charge in [0.2, 0.25) is 0 Å². The fourth-order valence-electron chi connectivity index (χ4n) is 2.55. The molecule has 0 aliphatic carbocycles. The van der Waals surface area contributed by atoms with Gasteiger partial charge in [-0.25, -0.2) is 4.79 Å². The average Bonchev–Trinajstić information content (AvgIpc) is 2.90. The number of amides is 1. The highest BCUT2D eigenvalue weighted by Gasteiger charge is 2.26. The molecule has 1 unspecified atom stereocenters. The molecule has 1 aromatic heterocycles. The third kappa shape index (κ3) is 3.48. The molecular formula is C18H23N3O3. The number of hydrogen-bond acceptors (Lipinski definition) is 3. The van der Waals surface area contributed by atoms with Crippen LogP contribution in [0.2, 0.25) is 0 Å². The second kappa shape index (κ2) is 6.86. The monoisotopic (exact) mass is 329 g/mol. The molecule has 1 heterocycles. The molecule has 0 bridgehead atoms. The minimum absolute atomic E-state index is 0.187. The number of carbonyl (C=O) groups excluding carboxylic acids is 1. The molecule has 2 N–H and O–H groups in total. The first-order valence-electron chi connectivity index (χ1n) is 7.86. The highest BCUT2D eigenvalue weighted by atomic mass is 16.4. The molecule has 0 spiro atoms. The molecule has 2 rings (SSSR count). The summed E-state index contributed by atoms with van der Waals surface area (Å²) < 4.78 is 1.48. The van der Waals surface area contributed by atoms with Gasteiger partial charge in [0.05, 0.1) is 5.69 Å². The van der Waals surface area contributed by atoms with Crippen LogP contribution < -0.4 is 5.32 Å². The van der Waals surface area contributed by atoms with Crippen molar-refractivity contribution < 1.29 is 14.7 Å². The van der Waals surface area contributed by atoms with E-state index in [4.69, 9.17) is 0 Å². The zero-order valence-corrected chi connectivity index (χ0v) is 14.6. The summed E-state index contributed by atoms with van der Waals surface area (Å²) in [5.74, 6) is -1.36. The molecule has 2 aromatic rings. The summed E-state index contributed by atoms with van der Waals surface area (Å²) in [5.41, 5.74) is 3.56. The van der Waals surface area contributed by atoms with Crippen LogP contribution in [0.3, 0.4) is 0 Å². The van der Waals surface area contributed by atoms with Gasteiger partial charge in [0.1, 0.15) is 5.69 Å². The number of nitrogens with zero attached hydrogens (tertiary/aromatic N) is 2. The predicted molar refractivity (Wildman–Crippen MR) is 91.1 cm³/mol. The number of rotatable bonds is 5. The first kappa shape index (κ1) is 17.7. The van der Waals surface area contributed by atoms with Gasteiger partial charge in [-0.3, -0.25) is 9.48 Å². The van der Waals surface area contributed by atoms with Crippen molar-refractivity contribution in [2.24, 2.45) is 7.05 Å². The summed E-state index contributed by atoms with van der Waals surface area (Å²) in [6.07, 6.45) is 0. The van der Waals surface area contributed by atoms with Crippen LogP contribution in [0.1, 0.15) is 58.7 Å². The fourth-order valence-corrected chi connectivity index (χ4v) is 2.55. The summed E-state index contributed by atoms with van der Waals surface area (Å²) >= 11 is 0. The second-order valence-electron chi connectivity index (χ2n) is 6.27. The lowest BCUT2D eigenvalue weighted by atomic mass is 9.97. The molecule has 0 fully saturated rings. The Balaban J connectivity index is 2.33. The number of hydrogen-bond donors (Lipinski definition) is 2. The highest BCUT2D eigenvalue weighted by Crippen LogP contribution is 2.22. The molecule has 24 heavy (non-hydrogen) atoms. The third-order valence-electron chi connectivity index (χ3n) is 4.20. The zero-order chi connectivity index (χ0) is 18.0. The molecular weight excluding hydrogens is 306 g/mol. The largest absolute Gasteiger partial charge is 0.479 e. The van der Waals surface area contributed by atoms with Crippen LogP contribution in [0, 0.1) is 13.8 Å². The third-order valence-corrected chi connectivity index (χ3v) is 4.20. The quantitative estimate of drug-likeness (QED) is 0.883. The van der Waals surface area contributed by atoms with Crippen LogP contribution in [-0.2, 0) is 11.8 Å². The van der Waals surface area contributed by atoms with Crippen LogP contribution >= 0.6 is 0 Å². The summed E-state index contributed by atoms with van der Waals surface area (Å²) in [7, 11) is 1.68. The lowest BCUT2D eigenvalue weighted by Gasteiger charge is -2.18. The van der Waals surface area contributed by atoms with Gasteiger partial charge < -0.3 is 10.4 Å². The lowest BCUT2D eigenvalue weighted by Crippen LogP contribution is -2.35. The average molecular weight is 329 g/mol. The van der Waals surface area contributed by atoms with Gasteiger partial charge in [-0.1, -0.05) is 32.0 Å². The van der Waals surface area contributed by atoms with E-state index in [0.29, 0.717) is 11.3 Å². The SMILES string of the molecule is Cc1cccc(C(NC(=O)c2cc(C(C)C)nn2C)C(=O)O)c1C. The number of carbonyl (C=O) groups is 2. The van der Waals surface area contributed by atoms with Crippen molar-refractivity contribution in [3.8, 4) is 0 Å². The number of carboxylic acids is 1. The summed E-state index contributed by atoms with van der Waals surface area (Å²) in [5, 5.41) is 16.5. The van der Waals surface area contributed by atoms with E-state index in [9.17, 15) is 14.7 Å². The number of aryl methyl sites for hydroxylation is 2. The van der Waals surface area contributed by atoms with Crippen molar-refractivity contribution in [2.45, 2.75) is 39.7 Å². The van der Waals surface area contributed by atoms with Gasteiger partial charge in [0.15, 0.2) is 6.04 Å². The van der Waals surface area contributed by atoms with Crippen molar-refractivity contribution in [1.29, 1.82) is 0 Å². The normalized spacial score (nSPS) is 12.2. The molecule has 0 radical (unpaired) electrons. The molecule has 6 nitrogen and oxygen atoms in total. The maximum atomic E-state index is 12.6. The summed E-state index contributed by atoms with van der Waals surface area (Å²) in [6.45, 7) is 7.74. The van der Waals surface area contributed by atoms with Gasteiger partial charge >= 0.3 is 5.97 Å². The number of aromatic nitrogens is 2. The molecule has 1 amide bonds. The Labute approximate surface area is 141 Å². The first-order chi connectivity index (χ1) is 11.2. The van der Waals surface area contributed by atoms with E-state index >= 15 is 0 Å². The van der Waals surface area contributed by atoms with E-state index in [0.717, 1.165) is 16.8 Å². The van der Waals surface area contributed by atoms with Gasteiger partial charge in [-0.05, 0) is 42.5 Å². The second-order valence-corrected chi connectivity index (χ2v) is 6.27. The summed E-state index contributed by atoms with van der Waals surface area (Å²) in [6, 6.07) is 6.03. The number of nitrogens with one attached hydrogen (secondary N) is 1. The molecule has 1 aromatic carbocycles. The number of aliphatic carboxylic acids is 1. The van der Waals surface area contributed by atoms with E-state index < -0.39 is 17.9 Å². The Hall–Kier alpha value is -2.63. The Morgan fingerprint density at radius 2 is 1.92 bits per heavy atom. The van der Waals surface area contributed by atoms with Crippen molar-refractivity contribution in [1.82, 2.24) is 15.1 Å². The van der Waals surface area contributed by atoms with Gasteiger partial charge in [-0.2, -0.15) is 5.10 Å². The van der Waals surface area contributed by atoms with Crippen molar-refractivity contribution >= 4 is 11.9 Å². The Morgan fingerprint density at radius 3 is 2.46 bits per heavy atom. The summed E-state index contributed by atoms with van der Waals surface area (Å²) in [4.78, 5) is 24.2. The molecule has 128 valence electrons. The van der Waals surface area contributed by atoms with Crippen molar-refractivity contribution in [3.05, 3.63) is 52.3 Å². The van der Waals surface area contributed by atoms with E-state index in [1.54, 1.807) is 25.2 Å². The van der Waals surface area contributed by atoms with Crippen LogP contribution in [0.4, 0.5) is 0 Å². The van der Waals surface area contributed by atoms with E-state index in [1.165, 1.54) is 4.68 Å². The molecule has 1 atom stereocenters. The minimum Gasteiger partial charge on any atom is -0.479 e. The molecule has 6 heteroatoms. The smallest absolute Gasteiger partial charge is 0.330 e. The minimum atomic E-state index is -1.10. The maximum Gasteiger partial charge on any atom is 0.330 e. The van der Waals surface area contributed by atoms with E-state index in [-0.39, 0.29) is 5.92 Å². The van der Waals surface area contributed by atoms with E-state index in [2.05, 4.69) is 10.4 Å². The van der Waals surface area contributed by atoms with Crippen molar-refractivity contribution in [2.75, 3.05) is 0 Å². The van der Waals surface area contributed by atoms with E-state index in [1.807, 2.05) is 33.8 Å². The predicted octanol–water partition coefficient (Wildman–Crippen LogP) is 2.72. The lowest BCUT2D eigenvalue weighted by molar-refractivity contribution is -0.139.